The number of nitrogens with zero attached hydrogens (tertiary/aromatic N) is 1. The summed E-state index contributed by atoms with van der Waals surface area (Å²) in [5.74, 6) is -0.240. The number of rotatable bonds is 3. The fourth-order valence-electron chi connectivity index (χ4n) is 3.18. The summed E-state index contributed by atoms with van der Waals surface area (Å²) in [7, 11) is 1.91. The molecule has 3 rings (SSSR count). The van der Waals surface area contributed by atoms with Gasteiger partial charge in [-0.15, -0.1) is 0 Å². The van der Waals surface area contributed by atoms with Crippen molar-refractivity contribution in [3.05, 3.63) is 77.7 Å². The van der Waals surface area contributed by atoms with Gasteiger partial charge in [-0.05, 0) is 48.0 Å². The van der Waals surface area contributed by atoms with Crippen molar-refractivity contribution in [2.45, 2.75) is 34.1 Å². The minimum absolute atomic E-state index is 0.240. The molecular weight excluding hydrogens is 321 g/mol. The maximum absolute atomic E-state index is 14.6. The van der Waals surface area contributed by atoms with E-state index in [-0.39, 0.29) is 5.82 Å². The van der Waals surface area contributed by atoms with Gasteiger partial charge in [0, 0.05) is 25.5 Å². The lowest BCUT2D eigenvalue weighted by Gasteiger charge is -2.17. The lowest BCUT2D eigenvalue weighted by molar-refractivity contribution is -0.660. The normalized spacial score (nSPS) is 13.3. The van der Waals surface area contributed by atoms with Gasteiger partial charge in [0.25, 0.3) is 0 Å². The molecule has 1 aromatic heterocycles. The first kappa shape index (κ1) is 15.7. The van der Waals surface area contributed by atoms with Crippen molar-refractivity contribution in [3.8, 4) is 22.4 Å². The zero-order chi connectivity index (χ0) is 20.7. The lowest BCUT2D eigenvalue weighted by Crippen LogP contribution is -2.32. The summed E-state index contributed by atoms with van der Waals surface area (Å²) >= 11 is 0. The highest BCUT2D eigenvalue weighted by atomic mass is 19.1. The Hall–Kier alpha value is -2.48. The molecule has 3 aromatic rings. The molecule has 2 heteroatoms. The molecule has 134 valence electrons. The Bertz CT molecular complexity index is 1010. The maximum Gasteiger partial charge on any atom is 0.212 e. The lowest BCUT2D eigenvalue weighted by atomic mass is 9.88. The number of aryl methyl sites for hydroxylation is 2. The molecule has 0 bridgehead atoms. The third kappa shape index (κ3) is 4.01. The van der Waals surface area contributed by atoms with Gasteiger partial charge in [-0.25, -0.2) is 8.96 Å². The second-order valence-corrected chi connectivity index (χ2v) is 7.80. The summed E-state index contributed by atoms with van der Waals surface area (Å²) < 4.78 is 33.6. The summed E-state index contributed by atoms with van der Waals surface area (Å²) in [5.41, 5.74) is 4.22. The summed E-state index contributed by atoms with van der Waals surface area (Å²) in [5, 5.41) is 0. The molecule has 0 aliphatic carbocycles. The molecule has 0 aliphatic heterocycles. The van der Waals surface area contributed by atoms with Crippen molar-refractivity contribution in [2.24, 2.45) is 12.5 Å². The van der Waals surface area contributed by atoms with Crippen LogP contribution in [0.25, 0.3) is 22.4 Å². The average molecular weight is 350 g/mol. The van der Waals surface area contributed by atoms with Crippen LogP contribution < -0.4 is 4.57 Å². The summed E-state index contributed by atoms with van der Waals surface area (Å²) in [6, 6.07) is 16.7. The van der Waals surface area contributed by atoms with E-state index in [4.69, 9.17) is 2.74 Å². The topological polar surface area (TPSA) is 3.88 Å². The van der Waals surface area contributed by atoms with Crippen LogP contribution in [0, 0.1) is 18.2 Å². The van der Waals surface area contributed by atoms with E-state index in [9.17, 15) is 4.39 Å². The Kier molecular flexibility index (Phi) is 4.26. The third-order valence-electron chi connectivity index (χ3n) is 4.33. The summed E-state index contributed by atoms with van der Waals surface area (Å²) in [4.78, 5) is 0. The molecule has 0 N–H and O–H groups in total. The first-order valence-corrected chi connectivity index (χ1v) is 8.88. The van der Waals surface area contributed by atoms with Gasteiger partial charge in [0.2, 0.25) is 5.69 Å². The fourth-order valence-corrected chi connectivity index (χ4v) is 3.18. The zero-order valence-corrected chi connectivity index (χ0v) is 16.1. The smallest absolute Gasteiger partial charge is 0.206 e. The summed E-state index contributed by atoms with van der Waals surface area (Å²) in [6.45, 7) is 7.60. The van der Waals surface area contributed by atoms with Crippen molar-refractivity contribution in [1.29, 1.82) is 0 Å². The minimum atomic E-state index is -1.46. The first-order valence-electron chi connectivity index (χ1n) is 9.88. The highest BCUT2D eigenvalue weighted by Crippen LogP contribution is 2.30. The van der Waals surface area contributed by atoms with Gasteiger partial charge in [-0.1, -0.05) is 51.1 Å². The number of hydrogen-bond donors (Lipinski definition) is 0. The van der Waals surface area contributed by atoms with Crippen molar-refractivity contribution < 1.29 is 11.7 Å². The van der Waals surface area contributed by atoms with Crippen LogP contribution in [0.5, 0.6) is 0 Å². The largest absolute Gasteiger partial charge is 0.212 e. The molecular formula is C24H27FN+. The molecule has 2 aromatic carbocycles. The van der Waals surface area contributed by atoms with Crippen LogP contribution >= 0.6 is 0 Å². The minimum Gasteiger partial charge on any atom is -0.206 e. The Labute approximate surface area is 159 Å². The average Bonchev–Trinajstić information content (AvgIpc) is 2.62. The van der Waals surface area contributed by atoms with E-state index in [0.29, 0.717) is 11.1 Å². The zero-order valence-electron chi connectivity index (χ0n) is 18.1. The monoisotopic (exact) mass is 350 g/mol. The molecule has 1 heterocycles. The third-order valence-corrected chi connectivity index (χ3v) is 4.33. The van der Waals surface area contributed by atoms with Crippen LogP contribution in [0.2, 0.25) is 0 Å². The van der Waals surface area contributed by atoms with Gasteiger partial charge < -0.3 is 0 Å². The van der Waals surface area contributed by atoms with E-state index in [1.165, 1.54) is 0 Å². The SMILES string of the molecule is [2H]C([2H])(c1ccc(-c2cc(-c3ccccc3)c(F)cc2C)[n+](C)c1)C(C)(C)C. The summed E-state index contributed by atoms with van der Waals surface area (Å²) in [6.07, 6.45) is 0.377. The predicted molar refractivity (Wildman–Crippen MR) is 106 cm³/mol. The Balaban J connectivity index is 2.12. The van der Waals surface area contributed by atoms with E-state index in [1.54, 1.807) is 6.07 Å². The molecule has 0 radical (unpaired) electrons. The Morgan fingerprint density at radius 2 is 1.69 bits per heavy atom. The number of halogens is 1. The Morgan fingerprint density at radius 1 is 1.00 bits per heavy atom. The second-order valence-electron chi connectivity index (χ2n) is 7.80. The van der Waals surface area contributed by atoms with Crippen molar-refractivity contribution in [2.75, 3.05) is 0 Å². The molecule has 0 spiro atoms. The van der Waals surface area contributed by atoms with Crippen LogP contribution in [0.15, 0.2) is 60.8 Å². The number of benzene rings is 2. The molecule has 0 saturated heterocycles. The maximum atomic E-state index is 14.6. The molecule has 0 amide bonds. The number of aromatic nitrogens is 1. The van der Waals surface area contributed by atoms with Crippen LogP contribution in [-0.2, 0) is 13.4 Å². The van der Waals surface area contributed by atoms with Gasteiger partial charge in [0.05, 0.1) is 0 Å². The van der Waals surface area contributed by atoms with Gasteiger partial charge in [-0.3, -0.25) is 0 Å². The molecule has 0 fully saturated rings. The number of hydrogen-bond acceptors (Lipinski definition) is 0. The van der Waals surface area contributed by atoms with Gasteiger partial charge in [0.15, 0.2) is 6.20 Å². The molecule has 0 saturated carbocycles. The van der Waals surface area contributed by atoms with E-state index in [0.717, 1.165) is 22.4 Å². The predicted octanol–water partition coefficient (Wildman–Crippen LogP) is 5.88. The van der Waals surface area contributed by atoms with Crippen LogP contribution in [0.3, 0.4) is 0 Å². The van der Waals surface area contributed by atoms with E-state index in [1.807, 2.05) is 94.0 Å². The van der Waals surface area contributed by atoms with Crippen LogP contribution in [-0.4, -0.2) is 0 Å². The number of pyridine rings is 1. The molecule has 0 atom stereocenters. The fraction of sp³-hybridized carbons (Fsp3) is 0.292. The van der Waals surface area contributed by atoms with Gasteiger partial charge >= 0.3 is 0 Å². The van der Waals surface area contributed by atoms with Crippen LogP contribution in [0.4, 0.5) is 4.39 Å². The standard InChI is InChI=1S/C24H27FN/c1-17-13-22(25)21(19-9-7-6-8-10-19)14-20(17)23-12-11-18(16-26(23)5)15-24(2,3)4/h6-14,16H,15H2,1-5H3/q+1/i15D2. The quantitative estimate of drug-likeness (QED) is 0.519. The van der Waals surface area contributed by atoms with E-state index in [2.05, 4.69) is 0 Å². The highest BCUT2D eigenvalue weighted by Gasteiger charge is 2.19. The van der Waals surface area contributed by atoms with Crippen molar-refractivity contribution >= 4 is 0 Å². The van der Waals surface area contributed by atoms with Crippen molar-refractivity contribution in [1.82, 2.24) is 0 Å². The van der Waals surface area contributed by atoms with Crippen LogP contribution in [0.1, 0.15) is 34.6 Å². The molecule has 26 heavy (non-hydrogen) atoms. The molecule has 0 aliphatic rings. The molecule has 1 nitrogen and oxygen atoms in total. The van der Waals surface area contributed by atoms with E-state index < -0.39 is 11.8 Å². The van der Waals surface area contributed by atoms with Crippen molar-refractivity contribution in [3.63, 3.8) is 0 Å². The second kappa shape index (κ2) is 7.03. The first-order chi connectivity index (χ1) is 13.0. The Morgan fingerprint density at radius 3 is 2.31 bits per heavy atom. The van der Waals surface area contributed by atoms with Gasteiger partial charge in [0.1, 0.15) is 12.9 Å². The highest BCUT2D eigenvalue weighted by molar-refractivity contribution is 5.73. The molecule has 0 unspecified atom stereocenters. The van der Waals surface area contributed by atoms with E-state index >= 15 is 0 Å². The van der Waals surface area contributed by atoms with Gasteiger partial charge in [-0.2, -0.15) is 0 Å².